The van der Waals surface area contributed by atoms with Crippen molar-refractivity contribution in [2.45, 2.75) is 56.1 Å². The summed E-state index contributed by atoms with van der Waals surface area (Å²) >= 11 is 0. The summed E-state index contributed by atoms with van der Waals surface area (Å²) < 4.78 is 22.6. The van der Waals surface area contributed by atoms with E-state index in [0.29, 0.717) is 13.0 Å². The molecule has 0 radical (unpaired) electrons. The molecule has 1 aliphatic heterocycles. The maximum absolute atomic E-state index is 12.4. The first-order chi connectivity index (χ1) is 8.11. The maximum Gasteiger partial charge on any atom is 0.321 e. The lowest BCUT2D eigenvalue weighted by atomic mass is 10.2. The molecular formula is C12H22O4S. The van der Waals surface area contributed by atoms with Gasteiger partial charge in [-0.1, -0.05) is 19.8 Å². The first kappa shape index (κ1) is 14.6. The molecule has 0 bridgehead atoms. The minimum atomic E-state index is -1.19. The van der Waals surface area contributed by atoms with E-state index in [2.05, 4.69) is 6.92 Å². The Morgan fingerprint density at radius 1 is 1.59 bits per heavy atom. The molecule has 5 heteroatoms. The molecule has 0 aromatic carbocycles. The van der Waals surface area contributed by atoms with Gasteiger partial charge in [0.2, 0.25) is 0 Å². The fraction of sp³-hybridized carbons (Fsp3) is 0.917. The number of carbonyl (C=O) groups is 1. The minimum Gasteiger partial charge on any atom is -0.468 e. The zero-order valence-electron chi connectivity index (χ0n) is 10.8. The number of hydrogen-bond donors (Lipinski definition) is 0. The normalized spacial score (nSPS) is 27.7. The zero-order chi connectivity index (χ0) is 12.8. The molecule has 1 rings (SSSR count). The van der Waals surface area contributed by atoms with Crippen molar-refractivity contribution >= 4 is 16.8 Å². The molecule has 4 nitrogen and oxygen atoms in total. The van der Waals surface area contributed by atoms with Gasteiger partial charge in [-0.3, -0.25) is 9.00 Å². The SMILES string of the molecule is CCCCC(C(=O)OC)S(=O)C1CCOC1C. The average molecular weight is 262 g/mol. The molecule has 0 aromatic heterocycles. The van der Waals surface area contributed by atoms with Gasteiger partial charge in [0.15, 0.2) is 0 Å². The molecule has 0 aliphatic carbocycles. The van der Waals surface area contributed by atoms with Crippen molar-refractivity contribution in [1.29, 1.82) is 0 Å². The van der Waals surface area contributed by atoms with E-state index in [-0.39, 0.29) is 17.3 Å². The van der Waals surface area contributed by atoms with Crippen LogP contribution in [-0.4, -0.2) is 40.5 Å². The monoisotopic (exact) mass is 262 g/mol. The van der Waals surface area contributed by atoms with Crippen molar-refractivity contribution < 1.29 is 18.5 Å². The van der Waals surface area contributed by atoms with Crippen LogP contribution < -0.4 is 0 Å². The quantitative estimate of drug-likeness (QED) is 0.683. The number of esters is 1. The summed E-state index contributed by atoms with van der Waals surface area (Å²) in [6.07, 6.45) is 3.27. The molecule has 4 atom stereocenters. The minimum absolute atomic E-state index is 0.0235. The van der Waals surface area contributed by atoms with Crippen LogP contribution in [0.5, 0.6) is 0 Å². The third-order valence-corrected chi connectivity index (χ3v) is 5.37. The van der Waals surface area contributed by atoms with Crippen LogP contribution in [0.15, 0.2) is 0 Å². The van der Waals surface area contributed by atoms with Crippen molar-refractivity contribution in [3.05, 3.63) is 0 Å². The summed E-state index contributed by atoms with van der Waals surface area (Å²) in [6.45, 7) is 4.61. The van der Waals surface area contributed by atoms with E-state index < -0.39 is 16.0 Å². The lowest BCUT2D eigenvalue weighted by molar-refractivity contribution is -0.140. The molecule has 0 saturated carbocycles. The highest BCUT2D eigenvalue weighted by Crippen LogP contribution is 2.23. The van der Waals surface area contributed by atoms with Crippen molar-refractivity contribution in [2.75, 3.05) is 13.7 Å². The molecule has 100 valence electrons. The lowest BCUT2D eigenvalue weighted by Gasteiger charge is -2.20. The summed E-state index contributed by atoms with van der Waals surface area (Å²) in [5, 5.41) is -0.523. The Bertz CT molecular complexity index is 280. The first-order valence-corrected chi connectivity index (χ1v) is 7.48. The number of hydrogen-bond acceptors (Lipinski definition) is 4. The first-order valence-electron chi connectivity index (χ1n) is 6.20. The fourth-order valence-electron chi connectivity index (χ4n) is 2.08. The Labute approximate surface area is 106 Å². The van der Waals surface area contributed by atoms with Crippen LogP contribution in [0.4, 0.5) is 0 Å². The molecule has 1 aliphatic rings. The predicted molar refractivity (Wildman–Crippen MR) is 67.3 cm³/mol. The summed E-state index contributed by atoms with van der Waals surface area (Å²) in [7, 11) is 0.160. The second kappa shape index (κ2) is 7.11. The second-order valence-corrected chi connectivity index (χ2v) is 6.22. The fourth-order valence-corrected chi connectivity index (χ4v) is 3.97. The highest BCUT2D eigenvalue weighted by molar-refractivity contribution is 7.87. The van der Waals surface area contributed by atoms with Gasteiger partial charge < -0.3 is 9.47 Å². The Morgan fingerprint density at radius 3 is 2.76 bits per heavy atom. The Balaban J connectivity index is 2.67. The van der Waals surface area contributed by atoms with E-state index >= 15 is 0 Å². The molecule has 1 saturated heterocycles. The third-order valence-electron chi connectivity index (χ3n) is 3.17. The van der Waals surface area contributed by atoms with Crippen molar-refractivity contribution in [3.63, 3.8) is 0 Å². The van der Waals surface area contributed by atoms with E-state index in [0.717, 1.165) is 19.3 Å². The molecule has 1 heterocycles. The molecule has 17 heavy (non-hydrogen) atoms. The lowest BCUT2D eigenvalue weighted by Crippen LogP contribution is -2.36. The molecule has 0 N–H and O–H groups in total. The largest absolute Gasteiger partial charge is 0.468 e. The highest BCUT2D eigenvalue weighted by Gasteiger charge is 2.37. The third kappa shape index (κ3) is 3.78. The van der Waals surface area contributed by atoms with Crippen molar-refractivity contribution in [2.24, 2.45) is 0 Å². The summed E-state index contributed by atoms with van der Waals surface area (Å²) in [4.78, 5) is 11.7. The average Bonchev–Trinajstić information content (AvgIpc) is 2.75. The van der Waals surface area contributed by atoms with Gasteiger partial charge in [0.1, 0.15) is 5.25 Å². The van der Waals surface area contributed by atoms with Crippen LogP contribution in [0, 0.1) is 0 Å². The molecule has 1 fully saturated rings. The van der Waals surface area contributed by atoms with Gasteiger partial charge in [-0.15, -0.1) is 0 Å². The van der Waals surface area contributed by atoms with E-state index in [4.69, 9.17) is 9.47 Å². The molecule has 0 spiro atoms. The van der Waals surface area contributed by atoms with Gasteiger partial charge in [-0.2, -0.15) is 0 Å². The van der Waals surface area contributed by atoms with Crippen LogP contribution in [0.2, 0.25) is 0 Å². The Hall–Kier alpha value is -0.420. The summed E-state index contributed by atoms with van der Waals surface area (Å²) in [5.74, 6) is -0.351. The van der Waals surface area contributed by atoms with Crippen LogP contribution in [0.25, 0.3) is 0 Å². The van der Waals surface area contributed by atoms with Crippen LogP contribution >= 0.6 is 0 Å². The molecule has 0 amide bonds. The van der Waals surface area contributed by atoms with Gasteiger partial charge >= 0.3 is 5.97 Å². The van der Waals surface area contributed by atoms with Crippen LogP contribution in [0.3, 0.4) is 0 Å². The van der Waals surface area contributed by atoms with Gasteiger partial charge in [-0.25, -0.2) is 0 Å². The van der Waals surface area contributed by atoms with E-state index in [1.165, 1.54) is 7.11 Å². The standard InChI is InChI=1S/C12H22O4S/c1-4-5-6-11(12(13)15-3)17(14)10-7-8-16-9(10)2/h9-11H,4-8H2,1-3H3. The Morgan fingerprint density at radius 2 is 2.29 bits per heavy atom. The van der Waals surface area contributed by atoms with Gasteiger partial charge in [0, 0.05) is 17.4 Å². The topological polar surface area (TPSA) is 52.6 Å². The van der Waals surface area contributed by atoms with E-state index in [1.54, 1.807) is 0 Å². The molecule has 4 unspecified atom stereocenters. The number of carbonyl (C=O) groups excluding carboxylic acids is 1. The number of unbranched alkanes of at least 4 members (excludes halogenated alkanes) is 1. The van der Waals surface area contributed by atoms with Gasteiger partial charge in [-0.05, 0) is 19.8 Å². The van der Waals surface area contributed by atoms with E-state index in [1.807, 2.05) is 6.92 Å². The Kier molecular flexibility index (Phi) is 6.12. The predicted octanol–water partition coefficient (Wildman–Crippen LogP) is 1.64. The van der Waals surface area contributed by atoms with Crippen molar-refractivity contribution in [3.8, 4) is 0 Å². The summed E-state index contributed by atoms with van der Waals surface area (Å²) in [5.41, 5.74) is 0. The second-order valence-electron chi connectivity index (χ2n) is 4.39. The van der Waals surface area contributed by atoms with Crippen LogP contribution in [-0.2, 0) is 25.1 Å². The molecular weight excluding hydrogens is 240 g/mol. The van der Waals surface area contributed by atoms with Gasteiger partial charge in [0.05, 0.1) is 18.5 Å². The number of rotatable bonds is 6. The van der Waals surface area contributed by atoms with Crippen molar-refractivity contribution in [1.82, 2.24) is 0 Å². The van der Waals surface area contributed by atoms with Gasteiger partial charge in [0.25, 0.3) is 0 Å². The summed E-state index contributed by atoms with van der Waals surface area (Å²) in [6, 6.07) is 0. The van der Waals surface area contributed by atoms with Crippen LogP contribution in [0.1, 0.15) is 39.5 Å². The zero-order valence-corrected chi connectivity index (χ0v) is 11.6. The maximum atomic E-state index is 12.4. The molecule has 0 aromatic rings. The number of methoxy groups -OCH3 is 1. The smallest absolute Gasteiger partial charge is 0.321 e. The highest BCUT2D eigenvalue weighted by atomic mass is 32.2. The van der Waals surface area contributed by atoms with E-state index in [9.17, 15) is 9.00 Å². The number of ether oxygens (including phenoxy) is 2.